The number of anilines is 2. The summed E-state index contributed by atoms with van der Waals surface area (Å²) in [5, 5.41) is 3.35. The van der Waals surface area contributed by atoms with Crippen LogP contribution in [-0.4, -0.2) is 46.6 Å². The summed E-state index contributed by atoms with van der Waals surface area (Å²) in [4.78, 5) is 0. The summed E-state index contributed by atoms with van der Waals surface area (Å²) in [5.74, 6) is 0. The van der Waals surface area contributed by atoms with Crippen molar-refractivity contribution in [2.75, 3.05) is 30.0 Å². The lowest BCUT2D eigenvalue weighted by Gasteiger charge is -2.43. The molecule has 1 aromatic rings. The fourth-order valence-electron chi connectivity index (χ4n) is 2.52. The van der Waals surface area contributed by atoms with Gasteiger partial charge in [-0.1, -0.05) is 6.07 Å². The lowest BCUT2D eigenvalue weighted by Crippen LogP contribution is -2.56. The van der Waals surface area contributed by atoms with E-state index in [1.54, 1.807) is 25.3 Å². The standard InChI is InChI=1S/C14H22N2O4S/c1-4-20-13-9-12(14(13)19-2)15-10-6-5-7-11(8-10)16-21(3,17)18/h5-8,12-16H,4,9H2,1-3H3. The molecule has 1 aliphatic rings. The van der Waals surface area contributed by atoms with Gasteiger partial charge >= 0.3 is 0 Å². The Labute approximate surface area is 125 Å². The fourth-order valence-corrected chi connectivity index (χ4v) is 3.07. The number of benzene rings is 1. The quantitative estimate of drug-likeness (QED) is 0.800. The molecule has 0 aliphatic heterocycles. The van der Waals surface area contributed by atoms with Crippen molar-refractivity contribution in [1.29, 1.82) is 0 Å². The van der Waals surface area contributed by atoms with Crippen LogP contribution in [0.3, 0.4) is 0 Å². The largest absolute Gasteiger partial charge is 0.379 e. The minimum absolute atomic E-state index is 0.0106. The van der Waals surface area contributed by atoms with E-state index >= 15 is 0 Å². The van der Waals surface area contributed by atoms with Gasteiger partial charge in [-0.3, -0.25) is 4.72 Å². The Morgan fingerprint density at radius 1 is 1.33 bits per heavy atom. The average molecular weight is 314 g/mol. The van der Waals surface area contributed by atoms with Crippen LogP contribution in [0.5, 0.6) is 0 Å². The number of sulfonamides is 1. The van der Waals surface area contributed by atoms with Crippen LogP contribution in [0.25, 0.3) is 0 Å². The van der Waals surface area contributed by atoms with E-state index < -0.39 is 10.0 Å². The molecule has 1 aromatic carbocycles. The molecule has 6 nitrogen and oxygen atoms in total. The molecular weight excluding hydrogens is 292 g/mol. The van der Waals surface area contributed by atoms with Gasteiger partial charge in [-0.25, -0.2) is 8.42 Å². The third-order valence-corrected chi connectivity index (χ3v) is 4.03. The Morgan fingerprint density at radius 2 is 2.05 bits per heavy atom. The molecule has 3 atom stereocenters. The van der Waals surface area contributed by atoms with Gasteiger partial charge in [0.2, 0.25) is 10.0 Å². The Balaban J connectivity index is 1.99. The van der Waals surface area contributed by atoms with Gasteiger partial charge in [0.1, 0.15) is 6.10 Å². The minimum Gasteiger partial charge on any atom is -0.379 e. The molecule has 2 rings (SSSR count). The molecule has 2 N–H and O–H groups in total. The summed E-state index contributed by atoms with van der Waals surface area (Å²) < 4.78 is 36.0. The molecule has 0 aromatic heterocycles. The second kappa shape index (κ2) is 6.64. The second-order valence-corrected chi connectivity index (χ2v) is 6.88. The topological polar surface area (TPSA) is 76.7 Å². The zero-order valence-corrected chi connectivity index (χ0v) is 13.3. The Hall–Kier alpha value is -1.31. The molecule has 1 saturated carbocycles. The first-order chi connectivity index (χ1) is 9.93. The van der Waals surface area contributed by atoms with E-state index in [2.05, 4.69) is 10.0 Å². The summed E-state index contributed by atoms with van der Waals surface area (Å²) in [7, 11) is -1.60. The molecular formula is C14H22N2O4S. The number of hydrogen-bond acceptors (Lipinski definition) is 5. The molecule has 21 heavy (non-hydrogen) atoms. The first-order valence-corrected chi connectivity index (χ1v) is 8.81. The molecule has 3 unspecified atom stereocenters. The zero-order valence-electron chi connectivity index (χ0n) is 12.5. The molecule has 0 saturated heterocycles. The highest BCUT2D eigenvalue weighted by Gasteiger charge is 2.42. The lowest BCUT2D eigenvalue weighted by molar-refractivity contribution is -0.118. The highest BCUT2D eigenvalue weighted by Crippen LogP contribution is 2.30. The maximum atomic E-state index is 11.2. The monoisotopic (exact) mass is 314 g/mol. The van der Waals surface area contributed by atoms with Crippen LogP contribution in [0.15, 0.2) is 24.3 Å². The van der Waals surface area contributed by atoms with Crippen LogP contribution in [0, 0.1) is 0 Å². The van der Waals surface area contributed by atoms with Crippen molar-refractivity contribution in [1.82, 2.24) is 0 Å². The third kappa shape index (κ3) is 4.33. The number of methoxy groups -OCH3 is 1. The Kier molecular flexibility index (Phi) is 5.08. The number of ether oxygens (including phenoxy) is 2. The smallest absolute Gasteiger partial charge is 0.229 e. The number of rotatable bonds is 7. The van der Waals surface area contributed by atoms with E-state index in [9.17, 15) is 8.42 Å². The van der Waals surface area contributed by atoms with Crippen molar-refractivity contribution < 1.29 is 17.9 Å². The van der Waals surface area contributed by atoms with Crippen molar-refractivity contribution in [2.45, 2.75) is 31.6 Å². The maximum absolute atomic E-state index is 11.2. The maximum Gasteiger partial charge on any atom is 0.229 e. The first kappa shape index (κ1) is 16.1. The molecule has 0 spiro atoms. The molecule has 118 valence electrons. The third-order valence-electron chi connectivity index (χ3n) is 3.42. The van der Waals surface area contributed by atoms with Crippen LogP contribution >= 0.6 is 0 Å². The highest BCUT2D eigenvalue weighted by atomic mass is 32.2. The van der Waals surface area contributed by atoms with Gasteiger partial charge in [-0.15, -0.1) is 0 Å². The van der Waals surface area contributed by atoms with Crippen molar-refractivity contribution >= 4 is 21.4 Å². The Morgan fingerprint density at radius 3 is 2.67 bits per heavy atom. The predicted octanol–water partition coefficient (Wildman–Crippen LogP) is 1.66. The minimum atomic E-state index is -3.27. The number of hydrogen-bond donors (Lipinski definition) is 2. The van der Waals surface area contributed by atoms with E-state index in [0.717, 1.165) is 18.4 Å². The summed E-state index contributed by atoms with van der Waals surface area (Å²) in [6.07, 6.45) is 2.13. The van der Waals surface area contributed by atoms with Crippen molar-refractivity contribution in [3.8, 4) is 0 Å². The Bertz CT molecular complexity index is 576. The lowest BCUT2D eigenvalue weighted by atomic mass is 9.85. The van der Waals surface area contributed by atoms with Gasteiger partial charge in [0, 0.05) is 19.4 Å². The van der Waals surface area contributed by atoms with Gasteiger partial charge in [-0.05, 0) is 31.5 Å². The summed E-state index contributed by atoms with van der Waals surface area (Å²) in [5.41, 5.74) is 1.39. The van der Waals surface area contributed by atoms with Crippen molar-refractivity contribution in [3.05, 3.63) is 24.3 Å². The molecule has 7 heteroatoms. The van der Waals surface area contributed by atoms with Crippen LogP contribution in [-0.2, 0) is 19.5 Å². The van der Waals surface area contributed by atoms with Crippen molar-refractivity contribution in [3.63, 3.8) is 0 Å². The van der Waals surface area contributed by atoms with Crippen LogP contribution in [0.4, 0.5) is 11.4 Å². The van der Waals surface area contributed by atoms with Crippen LogP contribution in [0.1, 0.15) is 13.3 Å². The molecule has 0 bridgehead atoms. The second-order valence-electron chi connectivity index (χ2n) is 5.14. The molecule has 0 amide bonds. The van der Waals surface area contributed by atoms with E-state index in [1.807, 2.05) is 13.0 Å². The van der Waals surface area contributed by atoms with Crippen molar-refractivity contribution in [2.24, 2.45) is 0 Å². The molecule has 1 aliphatic carbocycles. The first-order valence-electron chi connectivity index (χ1n) is 6.91. The van der Waals surface area contributed by atoms with Gasteiger partial charge in [0.25, 0.3) is 0 Å². The van der Waals surface area contributed by atoms with E-state index in [1.165, 1.54) is 0 Å². The van der Waals surface area contributed by atoms with Gasteiger partial charge in [0.05, 0.1) is 24.1 Å². The summed E-state index contributed by atoms with van der Waals surface area (Å²) in [6, 6.07) is 7.34. The predicted molar refractivity (Wildman–Crippen MR) is 83.1 cm³/mol. The summed E-state index contributed by atoms with van der Waals surface area (Å²) in [6.45, 7) is 2.64. The average Bonchev–Trinajstić information content (AvgIpc) is 2.36. The zero-order chi connectivity index (χ0) is 15.5. The normalized spacial score (nSPS) is 25.2. The highest BCUT2D eigenvalue weighted by molar-refractivity contribution is 7.92. The van der Waals surface area contributed by atoms with E-state index in [4.69, 9.17) is 9.47 Å². The number of nitrogens with one attached hydrogen (secondary N) is 2. The van der Waals surface area contributed by atoms with E-state index in [0.29, 0.717) is 12.3 Å². The van der Waals surface area contributed by atoms with Crippen LogP contribution < -0.4 is 10.0 Å². The van der Waals surface area contributed by atoms with Gasteiger partial charge in [-0.2, -0.15) is 0 Å². The molecule has 0 radical (unpaired) electrons. The van der Waals surface area contributed by atoms with Crippen LogP contribution in [0.2, 0.25) is 0 Å². The fraction of sp³-hybridized carbons (Fsp3) is 0.571. The van der Waals surface area contributed by atoms with Gasteiger partial charge in [0.15, 0.2) is 0 Å². The summed E-state index contributed by atoms with van der Waals surface area (Å²) >= 11 is 0. The van der Waals surface area contributed by atoms with Gasteiger partial charge < -0.3 is 14.8 Å². The molecule has 1 fully saturated rings. The van der Waals surface area contributed by atoms with E-state index in [-0.39, 0.29) is 18.2 Å². The SMILES string of the molecule is CCOC1CC(Nc2cccc(NS(C)(=O)=O)c2)C1OC. The molecule has 0 heterocycles.